The number of amides is 1. The molecule has 0 aliphatic carbocycles. The summed E-state index contributed by atoms with van der Waals surface area (Å²) in [6.45, 7) is 4.11. The smallest absolute Gasteiger partial charge is 0.269 e. The van der Waals surface area contributed by atoms with E-state index in [1.54, 1.807) is 12.1 Å². The molecule has 8 nitrogen and oxygen atoms in total. The average molecular weight is 530 g/mol. The van der Waals surface area contributed by atoms with Crippen LogP contribution in [0.1, 0.15) is 54.7 Å². The number of unbranched alkanes of at least 4 members (excludes halogenated alkanes) is 1. The van der Waals surface area contributed by atoms with E-state index < -0.39 is 11.0 Å². The highest BCUT2D eigenvalue weighted by molar-refractivity contribution is 7.98. The molecule has 0 saturated heterocycles. The number of benzene rings is 3. The Morgan fingerprint density at radius 3 is 2.45 bits per heavy atom. The summed E-state index contributed by atoms with van der Waals surface area (Å²) in [5.74, 6) is 1.22. The molecule has 4 aromatic rings. The molecule has 0 bridgehead atoms. The average Bonchev–Trinajstić information content (AvgIpc) is 3.35. The molecule has 1 N–H and O–H groups in total. The summed E-state index contributed by atoms with van der Waals surface area (Å²) >= 11 is 1.53. The maximum atomic E-state index is 12.8. The van der Waals surface area contributed by atoms with E-state index in [1.807, 2.05) is 41.0 Å². The van der Waals surface area contributed by atoms with Crippen LogP contribution >= 0.6 is 11.8 Å². The minimum absolute atomic E-state index is 0.00559. The fourth-order valence-corrected chi connectivity index (χ4v) is 5.08. The zero-order valence-electron chi connectivity index (χ0n) is 21.5. The number of carbonyl (C=O) groups is 1. The van der Waals surface area contributed by atoms with Gasteiger partial charge in [-0.05, 0) is 43.0 Å². The number of carbonyl (C=O) groups excluding carboxylic acids is 1. The molecular formula is C29H31N5O3S. The van der Waals surface area contributed by atoms with Crippen LogP contribution in [0.15, 0.2) is 84.0 Å². The minimum Gasteiger partial charge on any atom is -0.346 e. The van der Waals surface area contributed by atoms with Gasteiger partial charge in [-0.2, -0.15) is 0 Å². The lowest BCUT2D eigenvalue weighted by Gasteiger charge is -2.20. The summed E-state index contributed by atoms with van der Waals surface area (Å²) in [6.07, 6.45) is 2.70. The summed E-state index contributed by atoms with van der Waals surface area (Å²) < 4.78 is 1.90. The van der Waals surface area contributed by atoms with Crippen LogP contribution in [0, 0.1) is 17.0 Å². The van der Waals surface area contributed by atoms with Gasteiger partial charge in [-0.1, -0.05) is 85.3 Å². The van der Waals surface area contributed by atoms with Crippen molar-refractivity contribution >= 4 is 23.4 Å². The predicted molar refractivity (Wildman–Crippen MR) is 149 cm³/mol. The molecule has 1 unspecified atom stereocenters. The molecule has 3 aromatic carbocycles. The topological polar surface area (TPSA) is 103 Å². The Kier molecular flexibility index (Phi) is 9.26. The monoisotopic (exact) mass is 529 g/mol. The fourth-order valence-electron chi connectivity index (χ4n) is 4.18. The van der Waals surface area contributed by atoms with E-state index in [-0.39, 0.29) is 11.6 Å². The normalized spacial score (nSPS) is 11.7. The van der Waals surface area contributed by atoms with Crippen LogP contribution in [0.5, 0.6) is 0 Å². The molecule has 4 rings (SSSR count). The van der Waals surface area contributed by atoms with Gasteiger partial charge in [0, 0.05) is 30.0 Å². The van der Waals surface area contributed by atoms with Gasteiger partial charge in [-0.3, -0.25) is 19.5 Å². The van der Waals surface area contributed by atoms with E-state index in [0.717, 1.165) is 24.0 Å². The lowest BCUT2D eigenvalue weighted by atomic mass is 10.0. The third-order valence-electron chi connectivity index (χ3n) is 6.11. The van der Waals surface area contributed by atoms with Crippen molar-refractivity contribution in [2.75, 3.05) is 0 Å². The van der Waals surface area contributed by atoms with Crippen molar-refractivity contribution in [1.29, 1.82) is 0 Å². The van der Waals surface area contributed by atoms with E-state index >= 15 is 0 Å². The van der Waals surface area contributed by atoms with Gasteiger partial charge in [-0.25, -0.2) is 0 Å². The predicted octanol–water partition coefficient (Wildman–Crippen LogP) is 6.37. The summed E-state index contributed by atoms with van der Waals surface area (Å²) in [4.78, 5) is 23.7. The first-order valence-corrected chi connectivity index (χ1v) is 13.6. The van der Waals surface area contributed by atoms with E-state index in [9.17, 15) is 14.9 Å². The maximum Gasteiger partial charge on any atom is 0.269 e. The van der Waals surface area contributed by atoms with Gasteiger partial charge in [0.25, 0.3) is 5.69 Å². The second kappa shape index (κ2) is 13.0. The highest BCUT2D eigenvalue weighted by Crippen LogP contribution is 2.30. The largest absolute Gasteiger partial charge is 0.346 e. The number of hydrogen-bond donors (Lipinski definition) is 1. The highest BCUT2D eigenvalue weighted by Gasteiger charge is 2.25. The van der Waals surface area contributed by atoms with Gasteiger partial charge in [0.1, 0.15) is 0 Å². The van der Waals surface area contributed by atoms with Gasteiger partial charge < -0.3 is 5.32 Å². The molecule has 38 heavy (non-hydrogen) atoms. The Morgan fingerprint density at radius 1 is 1.03 bits per heavy atom. The fraction of sp³-hybridized carbons (Fsp3) is 0.276. The van der Waals surface area contributed by atoms with Crippen molar-refractivity contribution in [2.24, 2.45) is 0 Å². The zero-order chi connectivity index (χ0) is 26.9. The number of nitrogens with zero attached hydrogens (tertiary/aromatic N) is 4. The van der Waals surface area contributed by atoms with E-state index in [0.29, 0.717) is 35.3 Å². The van der Waals surface area contributed by atoms with Crippen molar-refractivity contribution < 1.29 is 9.72 Å². The molecule has 0 aliphatic heterocycles. The molecule has 0 radical (unpaired) electrons. The second-order valence-corrected chi connectivity index (χ2v) is 10.1. The standard InChI is InChI=1S/C29H31N5O3S/c1-3-4-13-27(35)30-26(19-22-10-6-5-7-11-22)28-31-32-29(38-20-23-12-8-9-21(2)18-23)33(28)24-14-16-25(17-15-24)34(36)37/h5-12,14-18,26H,3-4,13,19-20H2,1-2H3,(H,30,35). The summed E-state index contributed by atoms with van der Waals surface area (Å²) in [7, 11) is 0. The molecule has 1 heterocycles. The molecule has 9 heteroatoms. The number of nitro benzene ring substituents is 1. The molecule has 0 spiro atoms. The Hall–Kier alpha value is -3.98. The van der Waals surface area contributed by atoms with Gasteiger partial charge in [0.2, 0.25) is 5.91 Å². The van der Waals surface area contributed by atoms with Crippen LogP contribution in [-0.2, 0) is 17.0 Å². The van der Waals surface area contributed by atoms with Crippen LogP contribution in [0.25, 0.3) is 5.69 Å². The summed E-state index contributed by atoms with van der Waals surface area (Å²) in [6, 6.07) is 24.1. The Morgan fingerprint density at radius 2 is 1.76 bits per heavy atom. The first kappa shape index (κ1) is 27.1. The highest BCUT2D eigenvalue weighted by atomic mass is 32.2. The maximum absolute atomic E-state index is 12.8. The van der Waals surface area contributed by atoms with Crippen LogP contribution < -0.4 is 5.32 Å². The van der Waals surface area contributed by atoms with Gasteiger partial charge in [-0.15, -0.1) is 10.2 Å². The summed E-state index contributed by atoms with van der Waals surface area (Å²) in [5, 5.41) is 24.1. The quantitative estimate of drug-likeness (QED) is 0.130. The molecule has 0 fully saturated rings. The number of aryl methyl sites for hydroxylation is 1. The van der Waals surface area contributed by atoms with Crippen LogP contribution in [0.2, 0.25) is 0 Å². The zero-order valence-corrected chi connectivity index (χ0v) is 22.4. The lowest BCUT2D eigenvalue weighted by Crippen LogP contribution is -2.31. The van der Waals surface area contributed by atoms with Crippen molar-refractivity contribution in [1.82, 2.24) is 20.1 Å². The van der Waals surface area contributed by atoms with Crippen molar-refractivity contribution in [3.63, 3.8) is 0 Å². The van der Waals surface area contributed by atoms with Gasteiger partial charge >= 0.3 is 0 Å². The Labute approximate surface area is 226 Å². The first-order valence-electron chi connectivity index (χ1n) is 12.7. The third kappa shape index (κ3) is 7.07. The third-order valence-corrected chi connectivity index (χ3v) is 7.11. The number of thioether (sulfide) groups is 1. The molecule has 0 aliphatic rings. The van der Waals surface area contributed by atoms with Crippen LogP contribution in [0.4, 0.5) is 5.69 Å². The van der Waals surface area contributed by atoms with Gasteiger partial charge in [0.15, 0.2) is 11.0 Å². The van der Waals surface area contributed by atoms with Crippen LogP contribution in [-0.4, -0.2) is 25.6 Å². The van der Waals surface area contributed by atoms with Gasteiger partial charge in [0.05, 0.1) is 11.0 Å². The number of non-ortho nitro benzene ring substituents is 1. The SMILES string of the molecule is CCCCC(=O)NC(Cc1ccccc1)c1nnc(SCc2cccc(C)c2)n1-c1ccc([N+](=O)[O-])cc1. The number of rotatable bonds is 12. The van der Waals surface area contributed by atoms with Crippen LogP contribution in [0.3, 0.4) is 0 Å². The van der Waals surface area contributed by atoms with Crippen molar-refractivity contribution in [3.8, 4) is 5.69 Å². The molecule has 0 saturated carbocycles. The first-order chi connectivity index (χ1) is 18.4. The van der Waals surface area contributed by atoms with Crippen molar-refractivity contribution in [2.45, 2.75) is 56.5 Å². The minimum atomic E-state index is -0.433. The number of hydrogen-bond acceptors (Lipinski definition) is 6. The Bertz CT molecular complexity index is 1370. The molecule has 1 atom stereocenters. The second-order valence-electron chi connectivity index (χ2n) is 9.14. The molecule has 1 amide bonds. The molecular weight excluding hydrogens is 498 g/mol. The van der Waals surface area contributed by atoms with E-state index in [2.05, 4.69) is 47.6 Å². The Balaban J connectivity index is 1.73. The van der Waals surface area contributed by atoms with Crippen molar-refractivity contribution in [3.05, 3.63) is 111 Å². The summed E-state index contributed by atoms with van der Waals surface area (Å²) in [5.41, 5.74) is 4.09. The number of nitrogens with one attached hydrogen (secondary N) is 1. The molecule has 1 aromatic heterocycles. The molecule has 196 valence electrons. The number of nitro groups is 1. The van der Waals surface area contributed by atoms with E-state index in [4.69, 9.17) is 0 Å². The number of aromatic nitrogens is 3. The lowest BCUT2D eigenvalue weighted by molar-refractivity contribution is -0.384. The van der Waals surface area contributed by atoms with E-state index in [1.165, 1.54) is 29.5 Å².